The lowest BCUT2D eigenvalue weighted by atomic mass is 10.4. The summed E-state index contributed by atoms with van der Waals surface area (Å²) in [6.07, 6.45) is 0. The van der Waals surface area contributed by atoms with Crippen LogP contribution in [0.1, 0.15) is 8.29 Å². The Morgan fingerprint density at radius 1 is 1.05 bits per heavy atom. The first kappa shape index (κ1) is 13.8. The fourth-order valence-electron chi connectivity index (χ4n) is 2.12. The molecule has 0 saturated heterocycles. The van der Waals surface area contributed by atoms with Crippen LogP contribution in [0.4, 0.5) is 0 Å². The van der Waals surface area contributed by atoms with Gasteiger partial charge in [0.25, 0.3) is 0 Å². The van der Waals surface area contributed by atoms with E-state index in [1.54, 1.807) is 0 Å². The van der Waals surface area contributed by atoms with Gasteiger partial charge in [0.2, 0.25) is 0 Å². The molecule has 2 aromatic rings. The van der Waals surface area contributed by atoms with E-state index in [9.17, 15) is 4.21 Å². The van der Waals surface area contributed by atoms with Crippen LogP contribution >= 0.6 is 0 Å². The van der Waals surface area contributed by atoms with E-state index in [-0.39, 0.29) is 5.54 Å². The molecule has 3 atom stereocenters. The van der Waals surface area contributed by atoms with Crippen LogP contribution in [0.3, 0.4) is 0 Å². The van der Waals surface area contributed by atoms with Crippen LogP contribution in [0.15, 0.2) is 65.6 Å². The molecule has 0 aliphatic carbocycles. The van der Waals surface area contributed by atoms with E-state index in [2.05, 4.69) is 32.2 Å². The third-order valence-corrected chi connectivity index (χ3v) is 9.86. The Balaban J connectivity index is 2.23. The summed E-state index contributed by atoms with van der Waals surface area (Å²) >= 11 is 0. The topological polar surface area (TPSA) is 17.1 Å². The molecule has 2 aromatic carbocycles. The Kier molecular flexibility index (Phi) is 4.48. The van der Waals surface area contributed by atoms with Crippen LogP contribution in [0.25, 0.3) is 0 Å². The predicted octanol–water partition coefficient (Wildman–Crippen LogP) is 3.80. The molecule has 0 radical (unpaired) electrons. The maximum absolute atomic E-state index is 12.6. The largest absolute Gasteiger partial charge is 0.254 e. The van der Waals surface area contributed by atoms with Gasteiger partial charge in [-0.05, 0) is 17.7 Å². The molecule has 0 aliphatic heterocycles. The Morgan fingerprint density at radius 2 is 1.55 bits per heavy atom. The van der Waals surface area contributed by atoms with Crippen molar-refractivity contribution in [1.29, 1.82) is 0 Å². The lowest BCUT2D eigenvalue weighted by Gasteiger charge is -2.30. The molecule has 0 spiro atoms. The van der Waals surface area contributed by atoms with Gasteiger partial charge in [-0.2, -0.15) is 0 Å². The number of hydrogen-bond acceptors (Lipinski definition) is 1. The SMILES string of the molecule is [2H][C@H]([C@@H](C)[Si](C)(C)c1ccccc1)S(=O)c1ccccc1. The van der Waals surface area contributed by atoms with Crippen molar-refractivity contribution in [2.24, 2.45) is 0 Å². The van der Waals surface area contributed by atoms with Gasteiger partial charge in [0, 0.05) is 12.0 Å². The van der Waals surface area contributed by atoms with Crippen LogP contribution in [0.5, 0.6) is 0 Å². The van der Waals surface area contributed by atoms with E-state index in [4.69, 9.17) is 1.37 Å². The molecule has 106 valence electrons. The third-order valence-electron chi connectivity index (χ3n) is 3.96. The highest BCUT2D eigenvalue weighted by Gasteiger charge is 2.31. The zero-order valence-corrected chi connectivity index (χ0v) is 14.1. The summed E-state index contributed by atoms with van der Waals surface area (Å²) in [6, 6.07) is 19.7. The highest BCUT2D eigenvalue weighted by Crippen LogP contribution is 2.24. The van der Waals surface area contributed by atoms with E-state index in [0.29, 0.717) is 0 Å². The van der Waals surface area contributed by atoms with Crippen LogP contribution in [0.2, 0.25) is 18.6 Å². The lowest BCUT2D eigenvalue weighted by molar-refractivity contribution is 0.681. The second-order valence-electron chi connectivity index (χ2n) is 5.62. The molecule has 0 aliphatic rings. The smallest absolute Gasteiger partial charge is 0.0843 e. The lowest BCUT2D eigenvalue weighted by Crippen LogP contribution is -2.46. The summed E-state index contributed by atoms with van der Waals surface area (Å²) in [5.41, 5.74) is -0.477. The Hall–Kier alpha value is -1.19. The molecule has 1 unspecified atom stereocenters. The minimum absolute atomic E-state index is 0.112. The van der Waals surface area contributed by atoms with Gasteiger partial charge in [0.1, 0.15) is 0 Å². The van der Waals surface area contributed by atoms with Crippen molar-refractivity contribution in [3.05, 3.63) is 60.7 Å². The molecule has 0 bridgehead atoms. The highest BCUT2D eigenvalue weighted by molar-refractivity contribution is 7.85. The van der Waals surface area contributed by atoms with Gasteiger partial charge >= 0.3 is 0 Å². The Labute approximate surface area is 126 Å². The number of benzene rings is 2. The maximum atomic E-state index is 12.6. The summed E-state index contributed by atoms with van der Waals surface area (Å²) in [4.78, 5) is 0.752. The van der Waals surface area contributed by atoms with Crippen molar-refractivity contribution in [2.45, 2.75) is 30.5 Å². The van der Waals surface area contributed by atoms with Gasteiger partial charge in [0.05, 0.1) is 18.9 Å². The minimum Gasteiger partial charge on any atom is -0.254 e. The van der Waals surface area contributed by atoms with Crippen LogP contribution in [0, 0.1) is 0 Å². The van der Waals surface area contributed by atoms with Gasteiger partial charge in [-0.25, -0.2) is 0 Å². The predicted molar refractivity (Wildman–Crippen MR) is 90.7 cm³/mol. The van der Waals surface area contributed by atoms with E-state index in [0.717, 1.165) is 4.90 Å². The van der Waals surface area contributed by atoms with Crippen LogP contribution < -0.4 is 5.19 Å². The molecule has 20 heavy (non-hydrogen) atoms. The quantitative estimate of drug-likeness (QED) is 0.768. The van der Waals surface area contributed by atoms with Gasteiger partial charge in [0.15, 0.2) is 0 Å². The summed E-state index contributed by atoms with van der Waals surface area (Å²) in [6.45, 7) is 6.60. The molecule has 0 aromatic heterocycles. The molecule has 0 heterocycles. The maximum Gasteiger partial charge on any atom is 0.0843 e. The van der Waals surface area contributed by atoms with Crippen LogP contribution in [-0.4, -0.2) is 18.0 Å². The standard InChI is InChI=1S/C17H22OSSi/c1-15(14-19(18)16-10-6-4-7-11-16)20(2,3)17-12-8-5-9-13-17/h4-13,15H,14H2,1-3H3/t15-,19?/m1/s1/i14D/t14-,15-,19?. The molecule has 0 amide bonds. The summed E-state index contributed by atoms with van der Waals surface area (Å²) in [5, 5.41) is 1.32. The summed E-state index contributed by atoms with van der Waals surface area (Å²) in [7, 11) is -3.10. The third kappa shape index (κ3) is 3.47. The second kappa shape index (κ2) is 6.51. The van der Waals surface area contributed by atoms with E-state index in [1.165, 1.54) is 5.19 Å². The molecule has 1 nitrogen and oxygen atoms in total. The van der Waals surface area contributed by atoms with Crippen molar-refractivity contribution in [1.82, 2.24) is 0 Å². The second-order valence-corrected chi connectivity index (χ2v) is 11.9. The van der Waals surface area contributed by atoms with Crippen molar-refractivity contribution in [2.75, 3.05) is 5.73 Å². The normalized spacial score (nSPS) is 17.1. The summed E-state index contributed by atoms with van der Waals surface area (Å²) < 4.78 is 21.1. The molecular formula is C17H22OSSi. The first-order valence-electron chi connectivity index (χ1n) is 7.45. The monoisotopic (exact) mass is 303 g/mol. The molecule has 2 rings (SSSR count). The minimum atomic E-state index is -1.82. The highest BCUT2D eigenvalue weighted by atomic mass is 32.2. The van der Waals surface area contributed by atoms with E-state index < -0.39 is 24.6 Å². The number of hydrogen-bond donors (Lipinski definition) is 0. The average Bonchev–Trinajstić information content (AvgIpc) is 2.54. The van der Waals surface area contributed by atoms with Gasteiger partial charge < -0.3 is 0 Å². The fourth-order valence-corrected chi connectivity index (χ4v) is 6.38. The zero-order chi connectivity index (χ0) is 15.5. The van der Waals surface area contributed by atoms with Crippen molar-refractivity contribution >= 4 is 24.1 Å². The number of rotatable bonds is 5. The first-order chi connectivity index (χ1) is 9.94. The molecular weight excluding hydrogens is 280 g/mol. The summed E-state index contributed by atoms with van der Waals surface area (Å²) in [5.74, 6) is 0. The Bertz CT molecular complexity index is 601. The van der Waals surface area contributed by atoms with Crippen molar-refractivity contribution in [3.63, 3.8) is 0 Å². The van der Waals surface area contributed by atoms with Crippen LogP contribution in [-0.2, 0) is 10.8 Å². The Morgan fingerprint density at radius 3 is 2.10 bits per heavy atom. The van der Waals surface area contributed by atoms with Gasteiger partial charge in [-0.1, -0.05) is 73.7 Å². The fraction of sp³-hybridized carbons (Fsp3) is 0.294. The van der Waals surface area contributed by atoms with Gasteiger partial charge in [-0.3, -0.25) is 4.21 Å². The van der Waals surface area contributed by atoms with Gasteiger partial charge in [-0.15, -0.1) is 0 Å². The van der Waals surface area contributed by atoms with Crippen molar-refractivity contribution < 1.29 is 5.58 Å². The average molecular weight is 304 g/mol. The molecule has 0 fully saturated rings. The van der Waals surface area contributed by atoms with E-state index in [1.807, 2.05) is 48.5 Å². The van der Waals surface area contributed by atoms with E-state index >= 15 is 0 Å². The molecule has 0 N–H and O–H groups in total. The first-order valence-corrected chi connectivity index (χ1v) is 11.2. The van der Waals surface area contributed by atoms with Crippen molar-refractivity contribution in [3.8, 4) is 0 Å². The molecule has 0 saturated carbocycles. The molecule has 3 heteroatoms. The zero-order valence-electron chi connectivity index (χ0n) is 13.2.